The summed E-state index contributed by atoms with van der Waals surface area (Å²) in [7, 11) is 0. The molecule has 0 radical (unpaired) electrons. The number of hydrogen-bond acceptors (Lipinski definition) is 4. The first kappa shape index (κ1) is 25.3. The molecule has 34 heavy (non-hydrogen) atoms. The van der Waals surface area contributed by atoms with Gasteiger partial charge >= 0.3 is 12.1 Å². The molecule has 7 nitrogen and oxygen atoms in total. The molecule has 0 spiro atoms. The third-order valence-corrected chi connectivity index (χ3v) is 6.49. The van der Waals surface area contributed by atoms with Crippen LogP contribution in [-0.4, -0.2) is 42.8 Å². The molecule has 2 amide bonds. The molecular formula is C27H34N2O5. The van der Waals surface area contributed by atoms with Crippen LogP contribution < -0.4 is 10.6 Å². The van der Waals surface area contributed by atoms with Gasteiger partial charge in [0.05, 0.1) is 0 Å². The Balaban J connectivity index is 1.48. The zero-order valence-electron chi connectivity index (χ0n) is 20.1. The first-order chi connectivity index (χ1) is 16.2. The molecule has 182 valence electrons. The number of carbonyl (C=O) groups is 3. The number of carbonyl (C=O) groups excluding carboxylic acids is 2. The fourth-order valence-corrected chi connectivity index (χ4v) is 4.58. The van der Waals surface area contributed by atoms with E-state index in [2.05, 4.69) is 55.7 Å². The molecule has 0 bridgehead atoms. The van der Waals surface area contributed by atoms with Gasteiger partial charge in [-0.1, -0.05) is 69.3 Å². The van der Waals surface area contributed by atoms with Gasteiger partial charge in [0.25, 0.3) is 0 Å². The summed E-state index contributed by atoms with van der Waals surface area (Å²) in [4.78, 5) is 34.9. The molecule has 1 aliphatic rings. The Morgan fingerprint density at radius 2 is 1.53 bits per heavy atom. The van der Waals surface area contributed by atoms with Crippen molar-refractivity contribution in [1.82, 2.24) is 10.6 Å². The highest BCUT2D eigenvalue weighted by molar-refractivity contribution is 5.81. The Morgan fingerprint density at radius 1 is 0.941 bits per heavy atom. The lowest BCUT2D eigenvalue weighted by Crippen LogP contribution is -2.32. The predicted octanol–water partition coefficient (Wildman–Crippen LogP) is 4.56. The Hall–Kier alpha value is -3.35. The number of hydrogen-bond donors (Lipinski definition) is 3. The quantitative estimate of drug-likeness (QED) is 0.476. The molecule has 2 aromatic carbocycles. The molecule has 3 N–H and O–H groups in total. The molecule has 0 aromatic heterocycles. The van der Waals surface area contributed by atoms with Crippen LogP contribution in [0.4, 0.5) is 4.79 Å². The average molecular weight is 467 g/mol. The Kier molecular flexibility index (Phi) is 8.31. The van der Waals surface area contributed by atoms with Gasteiger partial charge in [0.1, 0.15) is 13.2 Å². The zero-order valence-corrected chi connectivity index (χ0v) is 20.1. The van der Waals surface area contributed by atoms with E-state index in [1.807, 2.05) is 24.3 Å². The lowest BCUT2D eigenvalue weighted by molar-refractivity contribution is -0.138. The third kappa shape index (κ3) is 6.59. The van der Waals surface area contributed by atoms with Crippen LogP contribution in [0.15, 0.2) is 48.5 Å². The largest absolute Gasteiger partial charge is 0.480 e. The number of benzene rings is 2. The van der Waals surface area contributed by atoms with Crippen molar-refractivity contribution in [1.29, 1.82) is 0 Å². The van der Waals surface area contributed by atoms with Gasteiger partial charge in [-0.25, -0.2) is 4.79 Å². The van der Waals surface area contributed by atoms with Crippen LogP contribution in [0.5, 0.6) is 0 Å². The lowest BCUT2D eigenvalue weighted by atomic mass is 9.76. The molecule has 1 aliphatic carbocycles. The van der Waals surface area contributed by atoms with Crippen molar-refractivity contribution in [3.63, 3.8) is 0 Å². The maximum Gasteiger partial charge on any atom is 0.407 e. The number of rotatable bonds is 10. The number of fused-ring (bicyclic) bond motifs is 3. The number of ether oxygens (including phenoxy) is 1. The van der Waals surface area contributed by atoms with E-state index in [0.717, 1.165) is 0 Å². The smallest absolute Gasteiger partial charge is 0.407 e. The fraction of sp³-hybridized carbons (Fsp3) is 0.444. The molecule has 1 atom stereocenters. The van der Waals surface area contributed by atoms with E-state index >= 15 is 0 Å². The first-order valence-electron chi connectivity index (χ1n) is 11.7. The van der Waals surface area contributed by atoms with Gasteiger partial charge in [-0.2, -0.15) is 0 Å². The Labute approximate surface area is 200 Å². The van der Waals surface area contributed by atoms with Gasteiger partial charge in [-0.05, 0) is 46.4 Å². The summed E-state index contributed by atoms with van der Waals surface area (Å²) in [5, 5.41) is 13.9. The summed E-state index contributed by atoms with van der Waals surface area (Å²) in [6.07, 6.45) is 1.11. The van der Waals surface area contributed by atoms with E-state index in [4.69, 9.17) is 9.84 Å². The number of aliphatic carboxylic acids is 1. The summed E-state index contributed by atoms with van der Waals surface area (Å²) in [5.74, 6) is -1.14. The van der Waals surface area contributed by atoms with Crippen molar-refractivity contribution in [2.75, 3.05) is 19.7 Å². The molecule has 2 aromatic rings. The molecule has 1 unspecified atom stereocenters. The molecule has 7 heteroatoms. The second-order valence-electron chi connectivity index (χ2n) is 9.81. The number of amides is 2. The van der Waals surface area contributed by atoms with Gasteiger partial charge in [0.2, 0.25) is 5.91 Å². The summed E-state index contributed by atoms with van der Waals surface area (Å²) >= 11 is 0. The van der Waals surface area contributed by atoms with Crippen molar-refractivity contribution < 1.29 is 24.2 Å². The zero-order chi connectivity index (χ0) is 24.7. The summed E-state index contributed by atoms with van der Waals surface area (Å²) in [6, 6.07) is 16.4. The Morgan fingerprint density at radius 3 is 2.09 bits per heavy atom. The van der Waals surface area contributed by atoms with Gasteiger partial charge in [0, 0.05) is 18.9 Å². The third-order valence-electron chi connectivity index (χ3n) is 6.49. The fourth-order valence-electron chi connectivity index (χ4n) is 4.58. The van der Waals surface area contributed by atoms with E-state index in [9.17, 15) is 14.4 Å². The van der Waals surface area contributed by atoms with Crippen LogP contribution in [0.3, 0.4) is 0 Å². The van der Waals surface area contributed by atoms with E-state index in [-0.39, 0.29) is 42.7 Å². The highest BCUT2D eigenvalue weighted by Crippen LogP contribution is 2.44. The van der Waals surface area contributed by atoms with Crippen molar-refractivity contribution in [3.8, 4) is 11.1 Å². The lowest BCUT2D eigenvalue weighted by Gasteiger charge is -2.30. The minimum atomic E-state index is -1.06. The molecule has 3 rings (SSSR count). The van der Waals surface area contributed by atoms with Gasteiger partial charge in [0.15, 0.2) is 0 Å². The predicted molar refractivity (Wildman–Crippen MR) is 131 cm³/mol. The molecule has 0 heterocycles. The van der Waals surface area contributed by atoms with Crippen molar-refractivity contribution in [3.05, 3.63) is 59.7 Å². The molecular weight excluding hydrogens is 432 g/mol. The average Bonchev–Trinajstić information content (AvgIpc) is 3.11. The van der Waals surface area contributed by atoms with Crippen LogP contribution in [-0.2, 0) is 14.3 Å². The van der Waals surface area contributed by atoms with E-state index in [1.165, 1.54) is 22.3 Å². The number of carboxylic acid groups (broad SMARTS) is 1. The minimum Gasteiger partial charge on any atom is -0.480 e. The SMILES string of the molecule is CC(C)(C)C(CCNC(=O)OCC1c2ccccc2-c2ccccc21)CCC(=O)NCC(=O)O. The van der Waals surface area contributed by atoms with Crippen LogP contribution in [0, 0.1) is 11.3 Å². The van der Waals surface area contributed by atoms with Gasteiger partial charge in [-0.15, -0.1) is 0 Å². The highest BCUT2D eigenvalue weighted by atomic mass is 16.5. The van der Waals surface area contributed by atoms with Crippen molar-refractivity contribution in [2.45, 2.75) is 46.0 Å². The molecule has 0 fully saturated rings. The first-order valence-corrected chi connectivity index (χ1v) is 11.7. The number of nitrogens with one attached hydrogen (secondary N) is 2. The molecule has 0 saturated carbocycles. The van der Waals surface area contributed by atoms with Crippen molar-refractivity contribution in [2.24, 2.45) is 11.3 Å². The normalized spacial score (nSPS) is 13.5. The van der Waals surface area contributed by atoms with Gasteiger partial charge in [-0.3, -0.25) is 9.59 Å². The minimum absolute atomic E-state index is 0.0183. The Bertz CT molecular complexity index is 982. The van der Waals surface area contributed by atoms with Crippen LogP contribution in [0.25, 0.3) is 11.1 Å². The monoisotopic (exact) mass is 466 g/mol. The number of carboxylic acids is 1. The highest BCUT2D eigenvalue weighted by Gasteiger charge is 2.29. The summed E-state index contributed by atoms with van der Waals surface area (Å²) < 4.78 is 5.59. The van der Waals surface area contributed by atoms with Crippen molar-refractivity contribution >= 4 is 18.0 Å². The van der Waals surface area contributed by atoms with E-state index in [1.54, 1.807) is 0 Å². The standard InChI is InChI=1S/C27H34N2O5/c1-27(2,3)18(12-13-24(30)29-16-25(31)32)14-15-28-26(33)34-17-23-21-10-6-4-8-19(21)20-9-5-7-11-22(20)23/h4-11,18,23H,12-17H2,1-3H3,(H,28,33)(H,29,30)(H,31,32). The second kappa shape index (κ2) is 11.2. The summed E-state index contributed by atoms with van der Waals surface area (Å²) in [5.41, 5.74) is 4.66. The van der Waals surface area contributed by atoms with Crippen LogP contribution in [0.1, 0.15) is 57.1 Å². The summed E-state index contributed by atoms with van der Waals surface area (Å²) in [6.45, 7) is 6.63. The topological polar surface area (TPSA) is 105 Å². The maximum atomic E-state index is 12.4. The molecule has 0 saturated heterocycles. The maximum absolute atomic E-state index is 12.4. The number of alkyl carbamates (subject to hydrolysis) is 1. The van der Waals surface area contributed by atoms with Gasteiger partial charge < -0.3 is 20.5 Å². The van der Waals surface area contributed by atoms with Crippen LogP contribution >= 0.6 is 0 Å². The molecule has 0 aliphatic heterocycles. The van der Waals surface area contributed by atoms with Crippen LogP contribution in [0.2, 0.25) is 0 Å². The van der Waals surface area contributed by atoms with E-state index < -0.39 is 12.1 Å². The van der Waals surface area contributed by atoms with E-state index in [0.29, 0.717) is 19.4 Å². The second-order valence-corrected chi connectivity index (χ2v) is 9.81.